The zero-order valence-corrected chi connectivity index (χ0v) is 17.1. The molecule has 1 amide bonds. The van der Waals surface area contributed by atoms with E-state index in [0.29, 0.717) is 11.9 Å². The lowest BCUT2D eigenvalue weighted by Gasteiger charge is -2.18. The molecule has 0 bridgehead atoms. The van der Waals surface area contributed by atoms with Crippen LogP contribution >= 0.6 is 0 Å². The van der Waals surface area contributed by atoms with Crippen LogP contribution in [0.15, 0.2) is 58.8 Å². The van der Waals surface area contributed by atoms with Crippen LogP contribution in [0.25, 0.3) is 10.9 Å². The van der Waals surface area contributed by atoms with Crippen LogP contribution in [0.2, 0.25) is 0 Å². The number of nitrogens with zero attached hydrogens (tertiary/aromatic N) is 4. The van der Waals surface area contributed by atoms with E-state index in [9.17, 15) is 14.3 Å². The first-order chi connectivity index (χ1) is 14.5. The summed E-state index contributed by atoms with van der Waals surface area (Å²) in [5.74, 6) is -1.32. The van der Waals surface area contributed by atoms with E-state index >= 15 is 0 Å². The Balaban J connectivity index is 1.77. The van der Waals surface area contributed by atoms with Crippen LogP contribution in [0.4, 0.5) is 10.1 Å². The molecular formula is C22H25FN4O3. The molecular weight excluding hydrogens is 387 g/mol. The molecule has 0 aliphatic carbocycles. The van der Waals surface area contributed by atoms with E-state index < -0.39 is 18.3 Å². The summed E-state index contributed by atoms with van der Waals surface area (Å²) in [5, 5.41) is 19.0. The van der Waals surface area contributed by atoms with Gasteiger partial charge in [0.25, 0.3) is 0 Å². The second-order valence-electron chi connectivity index (χ2n) is 6.68. The molecule has 0 fully saturated rings. The first kappa shape index (κ1) is 21.4. The van der Waals surface area contributed by atoms with Crippen LogP contribution in [0.5, 0.6) is 11.6 Å². The molecule has 2 aromatic carbocycles. The minimum absolute atomic E-state index is 0.0306. The van der Waals surface area contributed by atoms with Gasteiger partial charge in [-0.2, -0.15) is 0 Å². The average molecular weight is 412 g/mol. The predicted molar refractivity (Wildman–Crippen MR) is 113 cm³/mol. The molecule has 30 heavy (non-hydrogen) atoms. The fourth-order valence-electron chi connectivity index (χ4n) is 3.21. The van der Waals surface area contributed by atoms with E-state index in [-0.39, 0.29) is 17.3 Å². The van der Waals surface area contributed by atoms with Gasteiger partial charge in [0.2, 0.25) is 5.88 Å². The second kappa shape index (κ2) is 9.98. The summed E-state index contributed by atoms with van der Waals surface area (Å²) < 4.78 is 20.5. The fraction of sp³-hybridized carbons (Fsp3) is 0.318. The van der Waals surface area contributed by atoms with E-state index in [1.165, 1.54) is 18.2 Å². The molecule has 0 saturated heterocycles. The van der Waals surface area contributed by atoms with E-state index in [2.05, 4.69) is 29.0 Å². The number of likely N-dealkylation sites (N-methyl/N-ethyl adjacent to an activating group) is 1. The number of hydrogen-bond donors (Lipinski definition) is 1. The number of aromatic nitrogens is 1. The van der Waals surface area contributed by atoms with E-state index in [1.54, 1.807) is 10.6 Å². The minimum Gasteiger partial charge on any atom is -0.493 e. The summed E-state index contributed by atoms with van der Waals surface area (Å²) in [4.78, 5) is 14.3. The van der Waals surface area contributed by atoms with Gasteiger partial charge in [0.15, 0.2) is 23.9 Å². The van der Waals surface area contributed by atoms with Crippen LogP contribution in [0, 0.1) is 5.82 Å². The summed E-state index contributed by atoms with van der Waals surface area (Å²) in [6, 6.07) is 13.2. The van der Waals surface area contributed by atoms with Gasteiger partial charge >= 0.3 is 5.91 Å². The SMILES string of the molecule is CCN(CC)CCn1c(O)c(N=NC(=O)COc2ccccc2F)c2ccccc21. The summed E-state index contributed by atoms with van der Waals surface area (Å²) >= 11 is 0. The topological polar surface area (TPSA) is 79.4 Å². The van der Waals surface area contributed by atoms with Gasteiger partial charge in [0.1, 0.15) is 0 Å². The number of rotatable bonds is 9. The molecule has 0 radical (unpaired) electrons. The highest BCUT2D eigenvalue weighted by atomic mass is 19.1. The third-order valence-electron chi connectivity index (χ3n) is 4.90. The summed E-state index contributed by atoms with van der Waals surface area (Å²) in [6.07, 6.45) is 0. The molecule has 0 unspecified atom stereocenters. The van der Waals surface area contributed by atoms with Gasteiger partial charge in [-0.1, -0.05) is 44.2 Å². The fourth-order valence-corrected chi connectivity index (χ4v) is 3.21. The monoisotopic (exact) mass is 412 g/mol. The highest BCUT2D eigenvalue weighted by Gasteiger charge is 2.17. The smallest absolute Gasteiger partial charge is 0.302 e. The number of para-hydroxylation sites is 2. The van der Waals surface area contributed by atoms with Crippen LogP contribution < -0.4 is 4.74 Å². The molecule has 1 aromatic heterocycles. The molecule has 158 valence electrons. The van der Waals surface area contributed by atoms with Crippen molar-refractivity contribution in [3.8, 4) is 11.6 Å². The van der Waals surface area contributed by atoms with Crippen molar-refractivity contribution in [3.05, 3.63) is 54.3 Å². The lowest BCUT2D eigenvalue weighted by atomic mass is 10.2. The number of carbonyl (C=O) groups is 1. The number of ether oxygens (including phenoxy) is 1. The van der Waals surface area contributed by atoms with Crippen molar-refractivity contribution < 1.29 is 19.0 Å². The number of hydrogen-bond acceptors (Lipinski definition) is 5. The number of fused-ring (bicyclic) bond motifs is 1. The van der Waals surface area contributed by atoms with Gasteiger partial charge in [-0.25, -0.2) is 4.39 Å². The zero-order chi connectivity index (χ0) is 21.5. The first-order valence-corrected chi connectivity index (χ1v) is 9.89. The number of halogens is 1. The standard InChI is InChI=1S/C22H25FN4O3/c1-3-26(4-2)13-14-27-18-11-7-5-9-16(18)21(22(27)29)25-24-20(28)15-30-19-12-8-6-10-17(19)23/h5-12,29H,3-4,13-15H2,1-2H3. The van der Waals surface area contributed by atoms with Crippen LogP contribution in [-0.2, 0) is 11.3 Å². The Morgan fingerprint density at radius 2 is 1.83 bits per heavy atom. The zero-order valence-electron chi connectivity index (χ0n) is 17.1. The van der Waals surface area contributed by atoms with Crippen LogP contribution in [0.3, 0.4) is 0 Å². The molecule has 0 saturated carbocycles. The number of benzene rings is 2. The lowest BCUT2D eigenvalue weighted by molar-refractivity contribution is -0.120. The van der Waals surface area contributed by atoms with E-state index in [0.717, 1.165) is 25.2 Å². The molecule has 3 rings (SSSR count). The summed E-state index contributed by atoms with van der Waals surface area (Å²) in [5.41, 5.74) is 1.04. The third-order valence-corrected chi connectivity index (χ3v) is 4.90. The molecule has 1 heterocycles. The Hall–Kier alpha value is -3.26. The largest absolute Gasteiger partial charge is 0.493 e. The van der Waals surface area contributed by atoms with Crippen LogP contribution in [-0.4, -0.2) is 46.7 Å². The second-order valence-corrected chi connectivity index (χ2v) is 6.68. The maximum absolute atomic E-state index is 13.6. The van der Waals surface area contributed by atoms with Gasteiger partial charge in [-0.15, -0.1) is 10.2 Å². The van der Waals surface area contributed by atoms with Crippen molar-refractivity contribution in [2.45, 2.75) is 20.4 Å². The Morgan fingerprint density at radius 3 is 2.57 bits per heavy atom. The summed E-state index contributed by atoms with van der Waals surface area (Å²) in [6.45, 7) is 6.90. The van der Waals surface area contributed by atoms with E-state index in [4.69, 9.17) is 4.74 Å². The molecule has 3 aromatic rings. The van der Waals surface area contributed by atoms with Crippen molar-refractivity contribution >= 4 is 22.5 Å². The minimum atomic E-state index is -0.683. The Kier molecular flexibility index (Phi) is 7.13. The first-order valence-electron chi connectivity index (χ1n) is 9.89. The molecule has 0 aliphatic heterocycles. The van der Waals surface area contributed by atoms with Gasteiger partial charge < -0.3 is 19.3 Å². The van der Waals surface area contributed by atoms with Crippen molar-refractivity contribution in [1.82, 2.24) is 9.47 Å². The quantitative estimate of drug-likeness (QED) is 0.524. The Morgan fingerprint density at radius 1 is 1.13 bits per heavy atom. The Labute approximate surface area is 174 Å². The normalized spacial score (nSPS) is 11.6. The van der Waals surface area contributed by atoms with Gasteiger partial charge in [0.05, 0.1) is 5.52 Å². The molecule has 7 nitrogen and oxygen atoms in total. The van der Waals surface area contributed by atoms with Crippen molar-refractivity contribution in [2.24, 2.45) is 10.2 Å². The highest BCUT2D eigenvalue weighted by Crippen LogP contribution is 2.38. The summed E-state index contributed by atoms with van der Waals surface area (Å²) in [7, 11) is 0. The molecule has 0 aliphatic rings. The lowest BCUT2D eigenvalue weighted by Crippen LogP contribution is -2.26. The van der Waals surface area contributed by atoms with Gasteiger partial charge in [-0.05, 0) is 31.3 Å². The van der Waals surface area contributed by atoms with Crippen LogP contribution in [0.1, 0.15) is 13.8 Å². The van der Waals surface area contributed by atoms with Crippen molar-refractivity contribution in [2.75, 3.05) is 26.2 Å². The predicted octanol–water partition coefficient (Wildman–Crippen LogP) is 4.52. The average Bonchev–Trinajstić information content (AvgIpc) is 3.03. The number of amides is 1. The van der Waals surface area contributed by atoms with Gasteiger partial charge in [0, 0.05) is 18.5 Å². The van der Waals surface area contributed by atoms with Gasteiger partial charge in [-0.3, -0.25) is 4.79 Å². The van der Waals surface area contributed by atoms with Crippen molar-refractivity contribution in [1.29, 1.82) is 0 Å². The molecule has 1 N–H and O–H groups in total. The van der Waals surface area contributed by atoms with E-state index in [1.807, 2.05) is 24.3 Å². The molecule has 0 spiro atoms. The van der Waals surface area contributed by atoms with Crippen molar-refractivity contribution in [3.63, 3.8) is 0 Å². The maximum atomic E-state index is 13.6. The molecule has 0 atom stereocenters. The number of aromatic hydroxyl groups is 1. The maximum Gasteiger partial charge on any atom is 0.302 e. The molecule has 8 heteroatoms. The third kappa shape index (κ3) is 4.83. The highest BCUT2D eigenvalue weighted by molar-refractivity contribution is 5.95. The number of azo groups is 1. The Bertz CT molecular complexity index is 1040. The number of carbonyl (C=O) groups excluding carboxylic acids is 1.